The number of likely N-dealkylation sites (tertiary alicyclic amines) is 1. The van der Waals surface area contributed by atoms with E-state index in [1.165, 1.54) is 17.4 Å². The number of anilines is 1. The molecule has 1 saturated heterocycles. The van der Waals surface area contributed by atoms with Crippen LogP contribution in [0.5, 0.6) is 0 Å². The van der Waals surface area contributed by atoms with E-state index in [1.807, 2.05) is 18.4 Å². The molecule has 2 aromatic heterocycles. The summed E-state index contributed by atoms with van der Waals surface area (Å²) in [5, 5.41) is 3.30. The fraction of sp³-hybridized carbons (Fsp3) is 0.385. The van der Waals surface area contributed by atoms with Gasteiger partial charge >= 0.3 is 6.09 Å². The Bertz CT molecular complexity index is 1420. The standard InChI is InChI=1S/C26H29ClN4O5S/c1-15-9-12-37-19(15)14-20(32)31(29-25(35)36-26(2,3)4)22-21(24(34)30-10-5-6-11-30)28-18-13-16(27)7-8-17(18)23(22)33/h7-9,12-13H,5-6,10-11,14H2,1-4H3,(H,28,33)(H,29,35). The molecule has 0 bridgehead atoms. The summed E-state index contributed by atoms with van der Waals surface area (Å²) in [5.41, 5.74) is 1.87. The zero-order valence-electron chi connectivity index (χ0n) is 21.1. The van der Waals surface area contributed by atoms with Crippen molar-refractivity contribution >= 4 is 57.4 Å². The van der Waals surface area contributed by atoms with Gasteiger partial charge in [-0.05, 0) is 75.7 Å². The number of H-pyrrole nitrogens is 1. The molecule has 2 N–H and O–H groups in total. The summed E-state index contributed by atoms with van der Waals surface area (Å²) < 4.78 is 5.38. The van der Waals surface area contributed by atoms with Gasteiger partial charge in [-0.2, -0.15) is 0 Å². The van der Waals surface area contributed by atoms with Crippen LogP contribution in [-0.2, 0) is 16.0 Å². The van der Waals surface area contributed by atoms with E-state index in [0.717, 1.165) is 28.3 Å². The highest BCUT2D eigenvalue weighted by Gasteiger charge is 2.33. The van der Waals surface area contributed by atoms with Gasteiger partial charge in [0.1, 0.15) is 17.0 Å². The van der Waals surface area contributed by atoms with Crippen molar-refractivity contribution in [3.05, 3.63) is 61.0 Å². The van der Waals surface area contributed by atoms with Gasteiger partial charge < -0.3 is 14.6 Å². The quantitative estimate of drug-likeness (QED) is 0.458. The van der Waals surface area contributed by atoms with E-state index in [4.69, 9.17) is 16.3 Å². The van der Waals surface area contributed by atoms with Crippen LogP contribution in [0.2, 0.25) is 5.02 Å². The van der Waals surface area contributed by atoms with Gasteiger partial charge in [0.15, 0.2) is 0 Å². The predicted molar refractivity (Wildman–Crippen MR) is 144 cm³/mol. The van der Waals surface area contributed by atoms with Crippen molar-refractivity contribution in [2.45, 2.75) is 52.6 Å². The molecule has 3 aromatic rings. The summed E-state index contributed by atoms with van der Waals surface area (Å²) >= 11 is 7.54. The monoisotopic (exact) mass is 544 g/mol. The molecule has 1 aliphatic heterocycles. The van der Waals surface area contributed by atoms with Crippen molar-refractivity contribution in [2.75, 3.05) is 18.1 Å². The number of ether oxygens (including phenoxy) is 1. The molecule has 0 unspecified atom stereocenters. The molecule has 0 radical (unpaired) electrons. The minimum absolute atomic E-state index is 0.0886. The van der Waals surface area contributed by atoms with E-state index in [2.05, 4.69) is 10.4 Å². The number of hydrogen-bond donors (Lipinski definition) is 2. The molecule has 3 amide bonds. The van der Waals surface area contributed by atoms with Crippen molar-refractivity contribution < 1.29 is 19.1 Å². The Labute approximate surface area is 223 Å². The Balaban J connectivity index is 1.88. The minimum Gasteiger partial charge on any atom is -0.443 e. The molecule has 11 heteroatoms. The van der Waals surface area contributed by atoms with E-state index in [9.17, 15) is 19.2 Å². The number of hydrazine groups is 1. The van der Waals surface area contributed by atoms with Crippen LogP contribution >= 0.6 is 22.9 Å². The van der Waals surface area contributed by atoms with E-state index < -0.39 is 28.9 Å². The highest BCUT2D eigenvalue weighted by atomic mass is 35.5. The van der Waals surface area contributed by atoms with Crippen LogP contribution in [0.15, 0.2) is 34.4 Å². The van der Waals surface area contributed by atoms with E-state index in [-0.39, 0.29) is 23.2 Å². The molecule has 1 fully saturated rings. The van der Waals surface area contributed by atoms with Gasteiger partial charge in [-0.1, -0.05) is 11.6 Å². The molecule has 37 heavy (non-hydrogen) atoms. The molecule has 1 aliphatic rings. The number of nitrogens with zero attached hydrogens (tertiary/aromatic N) is 2. The topological polar surface area (TPSA) is 112 Å². The summed E-state index contributed by atoms with van der Waals surface area (Å²) in [7, 11) is 0. The Kier molecular flexibility index (Phi) is 7.61. The molecular formula is C26H29ClN4O5S. The molecule has 0 aliphatic carbocycles. The number of carbonyl (C=O) groups excluding carboxylic acids is 3. The number of thiophene rings is 1. The zero-order chi connectivity index (χ0) is 26.9. The van der Waals surface area contributed by atoms with Crippen LogP contribution in [0.1, 0.15) is 54.5 Å². The third-order valence-corrected chi connectivity index (χ3v) is 7.16. The van der Waals surface area contributed by atoms with Gasteiger partial charge in [0.25, 0.3) is 11.8 Å². The highest BCUT2D eigenvalue weighted by Crippen LogP contribution is 2.25. The third kappa shape index (κ3) is 5.97. The number of aryl methyl sites for hydroxylation is 1. The maximum atomic E-state index is 13.8. The van der Waals surface area contributed by atoms with Gasteiger partial charge in [0, 0.05) is 28.4 Å². The second-order valence-electron chi connectivity index (χ2n) is 9.91. The molecule has 196 valence electrons. The van der Waals surface area contributed by atoms with Crippen LogP contribution in [0.4, 0.5) is 10.5 Å². The smallest absolute Gasteiger partial charge is 0.427 e. The lowest BCUT2D eigenvalue weighted by Gasteiger charge is -2.28. The van der Waals surface area contributed by atoms with Gasteiger partial charge in [-0.25, -0.2) is 15.2 Å². The van der Waals surface area contributed by atoms with Crippen LogP contribution < -0.4 is 15.9 Å². The van der Waals surface area contributed by atoms with Gasteiger partial charge in [0.2, 0.25) is 5.43 Å². The van der Waals surface area contributed by atoms with Crippen LogP contribution in [0.3, 0.4) is 0 Å². The summed E-state index contributed by atoms with van der Waals surface area (Å²) in [4.78, 5) is 59.4. The number of nitrogens with one attached hydrogen (secondary N) is 2. The third-order valence-electron chi connectivity index (χ3n) is 5.90. The molecule has 9 nitrogen and oxygen atoms in total. The highest BCUT2D eigenvalue weighted by molar-refractivity contribution is 7.10. The number of carbonyl (C=O) groups is 3. The van der Waals surface area contributed by atoms with E-state index in [0.29, 0.717) is 23.6 Å². The van der Waals surface area contributed by atoms with Crippen molar-refractivity contribution in [1.29, 1.82) is 0 Å². The number of hydrogen-bond acceptors (Lipinski definition) is 6. The van der Waals surface area contributed by atoms with Crippen molar-refractivity contribution in [3.63, 3.8) is 0 Å². The second kappa shape index (κ2) is 10.5. The van der Waals surface area contributed by atoms with Crippen LogP contribution in [0, 0.1) is 6.92 Å². The van der Waals surface area contributed by atoms with E-state index in [1.54, 1.807) is 37.8 Å². The maximum Gasteiger partial charge on any atom is 0.427 e. The SMILES string of the molecule is Cc1ccsc1CC(=O)N(NC(=O)OC(C)(C)C)c1c(C(=O)N2CCCC2)[nH]c2cc(Cl)ccc2c1=O. The Morgan fingerprint density at radius 1 is 1.19 bits per heavy atom. The van der Waals surface area contributed by atoms with Crippen molar-refractivity contribution in [1.82, 2.24) is 15.3 Å². The number of benzene rings is 1. The summed E-state index contributed by atoms with van der Waals surface area (Å²) in [6.45, 7) is 7.97. The number of pyridine rings is 1. The summed E-state index contributed by atoms with van der Waals surface area (Å²) in [6.07, 6.45) is 0.649. The first-order valence-corrected chi connectivity index (χ1v) is 13.2. The predicted octanol–water partition coefficient (Wildman–Crippen LogP) is 4.80. The van der Waals surface area contributed by atoms with Gasteiger partial charge in [-0.15, -0.1) is 11.3 Å². The average Bonchev–Trinajstić information content (AvgIpc) is 3.48. The number of rotatable bonds is 4. The van der Waals surface area contributed by atoms with Gasteiger partial charge in [0.05, 0.1) is 11.9 Å². The zero-order valence-corrected chi connectivity index (χ0v) is 22.7. The fourth-order valence-electron chi connectivity index (χ4n) is 4.14. The minimum atomic E-state index is -0.932. The maximum absolute atomic E-state index is 13.8. The first-order chi connectivity index (χ1) is 17.4. The molecule has 4 rings (SSSR count). The molecular weight excluding hydrogens is 516 g/mol. The molecule has 3 heterocycles. The van der Waals surface area contributed by atoms with Crippen LogP contribution in [0.25, 0.3) is 10.9 Å². The summed E-state index contributed by atoms with van der Waals surface area (Å²) in [5.74, 6) is -1.03. The number of aromatic amines is 1. The molecule has 1 aromatic carbocycles. The van der Waals surface area contributed by atoms with Crippen molar-refractivity contribution in [3.8, 4) is 0 Å². The Hall–Kier alpha value is -3.37. The number of aromatic nitrogens is 1. The average molecular weight is 545 g/mol. The lowest BCUT2D eigenvalue weighted by atomic mass is 10.1. The van der Waals surface area contributed by atoms with E-state index >= 15 is 0 Å². The van der Waals surface area contributed by atoms with Gasteiger partial charge in [-0.3, -0.25) is 14.4 Å². The van der Waals surface area contributed by atoms with Crippen molar-refractivity contribution in [2.24, 2.45) is 0 Å². The lowest BCUT2D eigenvalue weighted by molar-refractivity contribution is -0.118. The molecule has 0 spiro atoms. The second-order valence-corrected chi connectivity index (χ2v) is 11.4. The summed E-state index contributed by atoms with van der Waals surface area (Å²) in [6, 6.07) is 6.50. The first-order valence-electron chi connectivity index (χ1n) is 11.9. The number of halogens is 1. The van der Waals surface area contributed by atoms with Crippen LogP contribution in [-0.4, -0.2) is 46.5 Å². The normalized spacial score (nSPS) is 13.6. The largest absolute Gasteiger partial charge is 0.443 e. The lowest BCUT2D eigenvalue weighted by Crippen LogP contribution is -2.51. The first kappa shape index (κ1) is 26.7. The number of fused-ring (bicyclic) bond motifs is 1. The molecule has 0 saturated carbocycles. The molecule has 0 atom stereocenters. The Morgan fingerprint density at radius 3 is 2.51 bits per heavy atom. The fourth-order valence-corrected chi connectivity index (χ4v) is 5.21. The Morgan fingerprint density at radius 2 is 1.89 bits per heavy atom. The number of amides is 3.